The normalized spacial score (nSPS) is 12.1. The van der Waals surface area contributed by atoms with Gasteiger partial charge in [0, 0.05) is 25.3 Å². The van der Waals surface area contributed by atoms with Crippen molar-refractivity contribution in [2.45, 2.75) is 31.3 Å². The number of para-hydroxylation sites is 1. The average Bonchev–Trinajstić information content (AvgIpc) is 2.88. The quantitative estimate of drug-likeness (QED) is 0.397. The molecule has 0 aliphatic carbocycles. The van der Waals surface area contributed by atoms with Crippen molar-refractivity contribution in [1.82, 2.24) is 14.9 Å². The average molecular weight is 495 g/mol. The summed E-state index contributed by atoms with van der Waals surface area (Å²) in [7, 11) is -3.54. The number of benzene rings is 3. The number of hydrogen-bond acceptors (Lipinski definition) is 4. The number of hydrogen-bond donors (Lipinski definition) is 3. The molecule has 1 atom stereocenters. The molecule has 8 nitrogen and oxygen atoms in total. The van der Waals surface area contributed by atoms with E-state index < -0.39 is 22.1 Å². The summed E-state index contributed by atoms with van der Waals surface area (Å²) in [5.41, 5.74) is 1.99. The second kappa shape index (κ2) is 12.1. The van der Waals surface area contributed by atoms with Gasteiger partial charge >= 0.3 is 6.03 Å². The molecule has 3 aromatic rings. The van der Waals surface area contributed by atoms with Gasteiger partial charge in [-0.3, -0.25) is 4.79 Å². The maximum Gasteiger partial charge on any atom is 0.315 e. The second-order valence-electron chi connectivity index (χ2n) is 7.76. The lowest BCUT2D eigenvalue weighted by atomic mass is 10.1. The number of urea groups is 1. The Labute approximate surface area is 206 Å². The Hall–Kier alpha value is -3.69. The van der Waals surface area contributed by atoms with Crippen molar-refractivity contribution < 1.29 is 18.0 Å². The predicted octanol–water partition coefficient (Wildman–Crippen LogP) is 3.90. The zero-order valence-corrected chi connectivity index (χ0v) is 20.6. The minimum absolute atomic E-state index is 0.166. The van der Waals surface area contributed by atoms with Crippen molar-refractivity contribution in [3.8, 4) is 0 Å². The van der Waals surface area contributed by atoms with Gasteiger partial charge in [-0.05, 0) is 35.4 Å². The molecule has 3 rings (SSSR count). The van der Waals surface area contributed by atoms with Crippen molar-refractivity contribution in [3.05, 3.63) is 96.1 Å². The molecule has 3 amide bonds. The molecular formula is C26H30N4O4S. The largest absolute Gasteiger partial charge is 0.334 e. The molecule has 3 aromatic carbocycles. The lowest BCUT2D eigenvalue weighted by molar-refractivity contribution is -0.118. The Kier molecular flexibility index (Phi) is 8.99. The number of amides is 3. The fourth-order valence-corrected chi connectivity index (χ4v) is 5.00. The van der Waals surface area contributed by atoms with Crippen LogP contribution in [0.2, 0.25) is 0 Å². The number of anilines is 1. The van der Waals surface area contributed by atoms with Gasteiger partial charge in [0.2, 0.25) is 10.0 Å². The third-order valence-electron chi connectivity index (χ3n) is 5.43. The van der Waals surface area contributed by atoms with Crippen LogP contribution in [0, 0.1) is 0 Å². The van der Waals surface area contributed by atoms with E-state index in [0.717, 1.165) is 5.56 Å². The smallest absolute Gasteiger partial charge is 0.315 e. The predicted molar refractivity (Wildman–Crippen MR) is 136 cm³/mol. The number of sulfonamides is 1. The third kappa shape index (κ3) is 6.91. The third-order valence-corrected chi connectivity index (χ3v) is 7.50. The van der Waals surface area contributed by atoms with Gasteiger partial charge in [-0.1, -0.05) is 74.5 Å². The van der Waals surface area contributed by atoms with Crippen LogP contribution in [0.15, 0.2) is 89.8 Å². The number of carbonyl (C=O) groups excluding carboxylic acids is 2. The molecule has 0 saturated carbocycles. The molecule has 0 aliphatic heterocycles. The van der Waals surface area contributed by atoms with E-state index in [-0.39, 0.29) is 17.3 Å². The Morgan fingerprint density at radius 1 is 0.829 bits per heavy atom. The van der Waals surface area contributed by atoms with E-state index in [4.69, 9.17) is 0 Å². The first-order valence-corrected chi connectivity index (χ1v) is 12.8. The summed E-state index contributed by atoms with van der Waals surface area (Å²) in [6.07, 6.45) is 0. The van der Waals surface area contributed by atoms with Gasteiger partial charge in [0.15, 0.2) is 0 Å². The van der Waals surface area contributed by atoms with Gasteiger partial charge in [-0.25, -0.2) is 13.2 Å². The van der Waals surface area contributed by atoms with E-state index in [9.17, 15) is 18.0 Å². The summed E-state index contributed by atoms with van der Waals surface area (Å²) in [5, 5.41) is 8.27. The van der Waals surface area contributed by atoms with E-state index in [0.29, 0.717) is 24.3 Å². The van der Waals surface area contributed by atoms with Gasteiger partial charge in [0.25, 0.3) is 5.91 Å². The number of rotatable bonds is 10. The maximum atomic E-state index is 12.9. The summed E-state index contributed by atoms with van der Waals surface area (Å²) in [5.74, 6) is -0.372. The minimum atomic E-state index is -3.54. The minimum Gasteiger partial charge on any atom is -0.334 e. The van der Waals surface area contributed by atoms with E-state index in [1.54, 1.807) is 62.4 Å². The zero-order valence-electron chi connectivity index (χ0n) is 19.8. The van der Waals surface area contributed by atoms with Crippen LogP contribution in [0.1, 0.15) is 31.0 Å². The van der Waals surface area contributed by atoms with E-state index in [1.165, 1.54) is 16.4 Å². The van der Waals surface area contributed by atoms with Crippen LogP contribution in [0.4, 0.5) is 10.5 Å². The lowest BCUT2D eigenvalue weighted by Crippen LogP contribution is -2.42. The molecule has 0 saturated heterocycles. The summed E-state index contributed by atoms with van der Waals surface area (Å²) >= 11 is 0. The van der Waals surface area contributed by atoms with Crippen molar-refractivity contribution in [2.75, 3.05) is 18.4 Å². The zero-order chi connectivity index (χ0) is 25.3. The highest BCUT2D eigenvalue weighted by Gasteiger charge is 2.23. The summed E-state index contributed by atoms with van der Waals surface area (Å²) in [4.78, 5) is 25.8. The topological polar surface area (TPSA) is 108 Å². The highest BCUT2D eigenvalue weighted by molar-refractivity contribution is 7.89. The van der Waals surface area contributed by atoms with E-state index in [2.05, 4.69) is 16.0 Å². The van der Waals surface area contributed by atoms with E-state index in [1.807, 2.05) is 24.3 Å². The molecule has 3 N–H and O–H groups in total. The van der Waals surface area contributed by atoms with Gasteiger partial charge < -0.3 is 16.0 Å². The van der Waals surface area contributed by atoms with Crippen LogP contribution >= 0.6 is 0 Å². The first-order chi connectivity index (χ1) is 16.8. The molecule has 0 bridgehead atoms. The number of nitrogens with one attached hydrogen (secondary N) is 3. The Morgan fingerprint density at radius 3 is 1.97 bits per heavy atom. The molecule has 0 aromatic heterocycles. The van der Waals surface area contributed by atoms with E-state index >= 15 is 0 Å². The molecule has 0 radical (unpaired) electrons. The second-order valence-corrected chi connectivity index (χ2v) is 9.70. The SMILES string of the molecule is CCN(CC)S(=O)(=O)c1ccc(CNC(=O)NC(C(=O)Nc2ccccc2)c2ccccc2)cc1. The molecule has 0 spiro atoms. The molecule has 0 fully saturated rings. The summed E-state index contributed by atoms with van der Waals surface area (Å²) < 4.78 is 26.6. The molecule has 1 unspecified atom stereocenters. The van der Waals surface area contributed by atoms with Crippen molar-refractivity contribution in [3.63, 3.8) is 0 Å². The molecule has 0 aliphatic rings. The van der Waals surface area contributed by atoms with Gasteiger partial charge in [0.05, 0.1) is 4.90 Å². The Morgan fingerprint density at radius 2 is 1.40 bits per heavy atom. The van der Waals surface area contributed by atoms with Crippen LogP contribution < -0.4 is 16.0 Å². The van der Waals surface area contributed by atoms with Crippen molar-refractivity contribution in [2.24, 2.45) is 0 Å². The first-order valence-electron chi connectivity index (χ1n) is 11.4. The molecule has 0 heterocycles. The van der Waals surface area contributed by atoms with Gasteiger partial charge in [-0.15, -0.1) is 0 Å². The molecular weight excluding hydrogens is 464 g/mol. The lowest BCUT2D eigenvalue weighted by Gasteiger charge is -2.20. The fourth-order valence-electron chi connectivity index (χ4n) is 3.54. The Balaban J connectivity index is 1.65. The fraction of sp³-hybridized carbons (Fsp3) is 0.231. The number of carbonyl (C=O) groups is 2. The molecule has 35 heavy (non-hydrogen) atoms. The molecule has 9 heteroatoms. The summed E-state index contributed by atoms with van der Waals surface area (Å²) in [6, 6.07) is 22.9. The van der Waals surface area contributed by atoms with Crippen molar-refractivity contribution in [1.29, 1.82) is 0 Å². The highest BCUT2D eigenvalue weighted by atomic mass is 32.2. The first kappa shape index (κ1) is 25.9. The van der Waals surface area contributed by atoms with Crippen molar-refractivity contribution >= 4 is 27.6 Å². The van der Waals surface area contributed by atoms with Crippen LogP contribution in [0.25, 0.3) is 0 Å². The maximum absolute atomic E-state index is 12.9. The highest BCUT2D eigenvalue weighted by Crippen LogP contribution is 2.17. The standard InChI is InChI=1S/C26H30N4O4S/c1-3-30(4-2)35(33,34)23-17-15-20(16-18-23)19-27-26(32)29-24(21-11-7-5-8-12-21)25(31)28-22-13-9-6-10-14-22/h5-18,24H,3-4,19H2,1-2H3,(H,28,31)(H2,27,29,32). The van der Waals surface area contributed by atoms with Crippen LogP contribution in [-0.4, -0.2) is 37.8 Å². The monoisotopic (exact) mass is 494 g/mol. The van der Waals surface area contributed by atoms with Crippen LogP contribution in [0.5, 0.6) is 0 Å². The van der Waals surface area contributed by atoms with Crippen LogP contribution in [0.3, 0.4) is 0 Å². The van der Waals surface area contributed by atoms with Gasteiger partial charge in [0.1, 0.15) is 6.04 Å². The number of nitrogens with zero attached hydrogens (tertiary/aromatic N) is 1. The summed E-state index contributed by atoms with van der Waals surface area (Å²) in [6.45, 7) is 4.53. The van der Waals surface area contributed by atoms with Gasteiger partial charge in [-0.2, -0.15) is 4.31 Å². The molecule has 184 valence electrons. The Bertz CT molecular complexity index is 1210. The van der Waals surface area contributed by atoms with Crippen LogP contribution in [-0.2, 0) is 21.4 Å².